The van der Waals surface area contributed by atoms with Crippen LogP contribution in [0, 0.1) is 6.92 Å². The third-order valence-electron chi connectivity index (χ3n) is 5.23. The molecule has 0 radical (unpaired) electrons. The van der Waals surface area contributed by atoms with Crippen LogP contribution in [0.1, 0.15) is 60.4 Å². The fourth-order valence-electron chi connectivity index (χ4n) is 3.48. The number of piperidine rings is 1. The van der Waals surface area contributed by atoms with E-state index in [1.807, 2.05) is 23.7 Å². The molecule has 3 rings (SSSR count). The molecule has 1 aromatic heterocycles. The van der Waals surface area contributed by atoms with E-state index in [9.17, 15) is 4.79 Å². The van der Waals surface area contributed by atoms with Crippen LogP contribution in [-0.4, -0.2) is 41.0 Å². The van der Waals surface area contributed by atoms with Crippen molar-refractivity contribution < 1.29 is 4.79 Å². The average Bonchev–Trinajstić information content (AvgIpc) is 3.07. The van der Waals surface area contributed by atoms with Gasteiger partial charge in [-0.05, 0) is 63.4 Å². The van der Waals surface area contributed by atoms with Gasteiger partial charge in [0.1, 0.15) is 0 Å². The van der Waals surface area contributed by atoms with E-state index in [1.54, 1.807) is 11.9 Å². The standard InChI is InChI=1S/C20H29N5O/c1-4-5-6-16-7-9-17(10-8-16)24(3)20(26)19-15(2)25(23-22-19)18-11-13-21-14-12-18/h7-10,18,21H,4-6,11-14H2,1-3H3. The van der Waals surface area contributed by atoms with E-state index >= 15 is 0 Å². The van der Waals surface area contributed by atoms with Crippen LogP contribution < -0.4 is 10.2 Å². The summed E-state index contributed by atoms with van der Waals surface area (Å²) in [6, 6.07) is 8.56. The molecule has 1 fully saturated rings. The van der Waals surface area contributed by atoms with E-state index in [0.29, 0.717) is 11.7 Å². The number of amides is 1. The summed E-state index contributed by atoms with van der Waals surface area (Å²) in [4.78, 5) is 14.6. The number of hydrogen-bond acceptors (Lipinski definition) is 4. The number of nitrogens with zero attached hydrogens (tertiary/aromatic N) is 4. The first-order valence-electron chi connectivity index (χ1n) is 9.61. The van der Waals surface area contributed by atoms with Gasteiger partial charge < -0.3 is 10.2 Å². The van der Waals surface area contributed by atoms with E-state index in [1.165, 1.54) is 18.4 Å². The maximum atomic E-state index is 12.9. The largest absolute Gasteiger partial charge is 0.317 e. The van der Waals surface area contributed by atoms with Gasteiger partial charge in [-0.1, -0.05) is 30.7 Å². The first-order valence-corrected chi connectivity index (χ1v) is 9.61. The van der Waals surface area contributed by atoms with Crippen molar-refractivity contribution in [2.45, 2.75) is 52.0 Å². The second-order valence-electron chi connectivity index (χ2n) is 7.08. The van der Waals surface area contributed by atoms with Crippen molar-refractivity contribution >= 4 is 11.6 Å². The molecule has 26 heavy (non-hydrogen) atoms. The lowest BCUT2D eigenvalue weighted by atomic mass is 10.1. The summed E-state index contributed by atoms with van der Waals surface area (Å²) in [5.41, 5.74) is 3.49. The van der Waals surface area contributed by atoms with Gasteiger partial charge in [0.25, 0.3) is 5.91 Å². The van der Waals surface area contributed by atoms with Crippen LogP contribution in [0.2, 0.25) is 0 Å². The lowest BCUT2D eigenvalue weighted by Gasteiger charge is -2.23. The zero-order chi connectivity index (χ0) is 18.5. The first-order chi connectivity index (χ1) is 12.6. The van der Waals surface area contributed by atoms with Gasteiger partial charge in [0, 0.05) is 12.7 Å². The maximum Gasteiger partial charge on any atom is 0.280 e. The minimum atomic E-state index is -0.107. The van der Waals surface area contributed by atoms with E-state index in [2.05, 4.69) is 34.7 Å². The third-order valence-corrected chi connectivity index (χ3v) is 5.23. The van der Waals surface area contributed by atoms with Gasteiger partial charge in [-0.15, -0.1) is 5.10 Å². The topological polar surface area (TPSA) is 63.1 Å². The molecule has 2 aromatic rings. The Kier molecular flexibility index (Phi) is 6.04. The average molecular weight is 355 g/mol. The highest BCUT2D eigenvalue weighted by Gasteiger charge is 2.25. The van der Waals surface area contributed by atoms with Gasteiger partial charge in [0.15, 0.2) is 5.69 Å². The number of rotatable bonds is 6. The summed E-state index contributed by atoms with van der Waals surface area (Å²) in [5.74, 6) is -0.107. The van der Waals surface area contributed by atoms with Crippen molar-refractivity contribution in [1.82, 2.24) is 20.3 Å². The van der Waals surface area contributed by atoms with Crippen molar-refractivity contribution in [3.63, 3.8) is 0 Å². The number of anilines is 1. The maximum absolute atomic E-state index is 12.9. The fraction of sp³-hybridized carbons (Fsp3) is 0.550. The molecule has 1 aliphatic heterocycles. The molecule has 1 aliphatic rings. The van der Waals surface area contributed by atoms with E-state index in [4.69, 9.17) is 0 Å². The predicted octanol–water partition coefficient (Wildman–Crippen LogP) is 3.13. The summed E-state index contributed by atoms with van der Waals surface area (Å²) >= 11 is 0. The SMILES string of the molecule is CCCCc1ccc(N(C)C(=O)c2nnn(C3CCNCC3)c2C)cc1. The summed E-state index contributed by atoms with van der Waals surface area (Å²) in [6.45, 7) is 6.10. The third kappa shape index (κ3) is 3.96. The lowest BCUT2D eigenvalue weighted by Crippen LogP contribution is -2.31. The Morgan fingerprint density at radius 1 is 1.27 bits per heavy atom. The van der Waals surface area contributed by atoms with Gasteiger partial charge in [-0.2, -0.15) is 0 Å². The van der Waals surface area contributed by atoms with Crippen LogP contribution in [0.25, 0.3) is 0 Å². The van der Waals surface area contributed by atoms with Crippen LogP contribution in [0.3, 0.4) is 0 Å². The Morgan fingerprint density at radius 3 is 2.62 bits per heavy atom. The highest BCUT2D eigenvalue weighted by molar-refractivity contribution is 6.05. The molecule has 1 N–H and O–H groups in total. The highest BCUT2D eigenvalue weighted by atomic mass is 16.2. The Balaban J connectivity index is 1.73. The van der Waals surface area contributed by atoms with Gasteiger partial charge in [0.05, 0.1) is 11.7 Å². The van der Waals surface area contributed by atoms with E-state index < -0.39 is 0 Å². The molecule has 0 saturated carbocycles. The van der Waals surface area contributed by atoms with Crippen molar-refractivity contribution in [3.05, 3.63) is 41.2 Å². The summed E-state index contributed by atoms with van der Waals surface area (Å²) in [5, 5.41) is 11.8. The molecular formula is C20H29N5O. The molecule has 1 saturated heterocycles. The van der Waals surface area contributed by atoms with Crippen molar-refractivity contribution in [2.75, 3.05) is 25.0 Å². The monoisotopic (exact) mass is 355 g/mol. The van der Waals surface area contributed by atoms with E-state index in [0.717, 1.165) is 43.7 Å². The Hall–Kier alpha value is -2.21. The molecule has 6 heteroatoms. The summed E-state index contributed by atoms with van der Waals surface area (Å²) < 4.78 is 1.93. The first kappa shape index (κ1) is 18.6. The van der Waals surface area contributed by atoms with Gasteiger partial charge in [0.2, 0.25) is 0 Å². The molecule has 2 heterocycles. The minimum Gasteiger partial charge on any atom is -0.317 e. The van der Waals surface area contributed by atoms with Crippen LogP contribution in [0.15, 0.2) is 24.3 Å². The second-order valence-corrected chi connectivity index (χ2v) is 7.08. The van der Waals surface area contributed by atoms with Gasteiger partial charge >= 0.3 is 0 Å². The van der Waals surface area contributed by atoms with Gasteiger partial charge in [-0.3, -0.25) is 4.79 Å². The number of benzene rings is 1. The Morgan fingerprint density at radius 2 is 1.96 bits per heavy atom. The van der Waals surface area contributed by atoms with Crippen molar-refractivity contribution in [3.8, 4) is 0 Å². The van der Waals surface area contributed by atoms with Gasteiger partial charge in [-0.25, -0.2) is 4.68 Å². The van der Waals surface area contributed by atoms with Crippen LogP contribution in [0.4, 0.5) is 5.69 Å². The molecule has 0 bridgehead atoms. The molecule has 1 amide bonds. The molecule has 1 aromatic carbocycles. The Bertz CT molecular complexity index is 731. The highest BCUT2D eigenvalue weighted by Crippen LogP contribution is 2.22. The molecule has 0 spiro atoms. The molecule has 0 unspecified atom stereocenters. The zero-order valence-corrected chi connectivity index (χ0v) is 16.0. The second kappa shape index (κ2) is 8.45. The van der Waals surface area contributed by atoms with Crippen LogP contribution >= 0.6 is 0 Å². The molecular weight excluding hydrogens is 326 g/mol. The number of aromatic nitrogens is 3. The molecule has 0 aliphatic carbocycles. The smallest absolute Gasteiger partial charge is 0.280 e. The normalized spacial score (nSPS) is 15.2. The minimum absolute atomic E-state index is 0.107. The summed E-state index contributed by atoms with van der Waals surface area (Å²) in [6.07, 6.45) is 5.50. The quantitative estimate of drug-likeness (QED) is 0.865. The van der Waals surface area contributed by atoms with Crippen LogP contribution in [0.5, 0.6) is 0 Å². The molecule has 140 valence electrons. The number of aryl methyl sites for hydroxylation is 1. The molecule has 0 atom stereocenters. The van der Waals surface area contributed by atoms with Crippen molar-refractivity contribution in [1.29, 1.82) is 0 Å². The number of hydrogen-bond donors (Lipinski definition) is 1. The van der Waals surface area contributed by atoms with E-state index in [-0.39, 0.29) is 5.91 Å². The molecule has 6 nitrogen and oxygen atoms in total. The lowest BCUT2D eigenvalue weighted by molar-refractivity contribution is 0.0987. The van der Waals surface area contributed by atoms with Crippen LogP contribution in [-0.2, 0) is 6.42 Å². The van der Waals surface area contributed by atoms with Crippen molar-refractivity contribution in [2.24, 2.45) is 0 Å². The predicted molar refractivity (Wildman–Crippen MR) is 104 cm³/mol. The zero-order valence-electron chi connectivity index (χ0n) is 16.0. The summed E-state index contributed by atoms with van der Waals surface area (Å²) in [7, 11) is 1.80. The Labute approximate surface area is 155 Å². The fourth-order valence-corrected chi connectivity index (χ4v) is 3.48. The number of unbranched alkanes of at least 4 members (excludes halogenated alkanes) is 1. The number of carbonyl (C=O) groups excluding carboxylic acids is 1. The number of nitrogens with one attached hydrogen (secondary N) is 1. The number of carbonyl (C=O) groups is 1.